The molecule has 0 bridgehead atoms. The van der Waals surface area contributed by atoms with E-state index < -0.39 is 6.16 Å². The van der Waals surface area contributed by atoms with Gasteiger partial charge in [0.2, 0.25) is 0 Å². The van der Waals surface area contributed by atoms with Crippen LogP contribution >= 0.6 is 0 Å². The van der Waals surface area contributed by atoms with Crippen LogP contribution in [-0.2, 0) is 0 Å². The van der Waals surface area contributed by atoms with E-state index in [-0.39, 0.29) is 11.8 Å². The highest BCUT2D eigenvalue weighted by Crippen LogP contribution is 2.09. The number of hydrogen-bond donors (Lipinski definition) is 1. The summed E-state index contributed by atoms with van der Waals surface area (Å²) in [6, 6.07) is 0.195. The molecule has 1 aromatic rings. The number of carbonyl (C=O) groups is 1. The first-order chi connectivity index (χ1) is 6.22. The molecule has 1 N–H and O–H groups in total. The lowest BCUT2D eigenvalue weighted by Crippen LogP contribution is -2.04. The Morgan fingerprint density at radius 3 is 2.62 bits per heavy atom. The van der Waals surface area contributed by atoms with E-state index in [0.29, 0.717) is 6.61 Å². The van der Waals surface area contributed by atoms with Crippen LogP contribution < -0.4 is 9.47 Å². The molecule has 0 aromatic carbocycles. The average molecular weight is 184 g/mol. The van der Waals surface area contributed by atoms with E-state index in [2.05, 4.69) is 14.7 Å². The molecule has 0 aliphatic rings. The molecule has 0 aliphatic heterocycles. The molecule has 0 spiro atoms. The van der Waals surface area contributed by atoms with Crippen molar-refractivity contribution < 1.29 is 19.4 Å². The van der Waals surface area contributed by atoms with Gasteiger partial charge in [-0.2, -0.15) is 9.97 Å². The lowest BCUT2D eigenvalue weighted by atomic mass is 10.6. The summed E-state index contributed by atoms with van der Waals surface area (Å²) in [5, 5.41) is 8.23. The van der Waals surface area contributed by atoms with E-state index in [1.807, 2.05) is 0 Å². The van der Waals surface area contributed by atoms with E-state index in [9.17, 15) is 4.79 Å². The fourth-order valence-corrected chi connectivity index (χ4v) is 0.662. The van der Waals surface area contributed by atoms with Gasteiger partial charge >= 0.3 is 12.2 Å². The predicted octanol–water partition coefficient (Wildman–Crippen LogP) is 0.932. The van der Waals surface area contributed by atoms with Crippen molar-refractivity contribution >= 4 is 6.16 Å². The summed E-state index contributed by atoms with van der Waals surface area (Å²) < 4.78 is 9.22. The molecule has 0 atom stereocenters. The molecule has 1 heterocycles. The number of aromatic nitrogens is 2. The zero-order valence-corrected chi connectivity index (χ0v) is 6.93. The van der Waals surface area contributed by atoms with Crippen molar-refractivity contribution in [3.63, 3.8) is 0 Å². The molecule has 0 saturated heterocycles. The normalized spacial score (nSPS) is 9.31. The first kappa shape index (κ1) is 9.24. The van der Waals surface area contributed by atoms with Gasteiger partial charge in [0, 0.05) is 0 Å². The second kappa shape index (κ2) is 4.24. The van der Waals surface area contributed by atoms with Gasteiger partial charge in [0.1, 0.15) is 0 Å². The quantitative estimate of drug-likeness (QED) is 0.703. The molecule has 0 amide bonds. The third kappa shape index (κ3) is 2.94. The molecule has 0 radical (unpaired) electrons. The van der Waals surface area contributed by atoms with Crippen molar-refractivity contribution in [2.45, 2.75) is 6.92 Å². The Balaban J connectivity index is 2.64. The van der Waals surface area contributed by atoms with Gasteiger partial charge in [0.15, 0.2) is 5.75 Å². The molecule has 6 nitrogen and oxygen atoms in total. The standard InChI is InChI=1S/C7H8N2O4/c1-2-12-6-8-3-5(4-9-6)13-7(10)11/h3-4H,2H2,1H3,(H,10,11). The number of carboxylic acid groups (broad SMARTS) is 1. The molecule has 1 aromatic heterocycles. The highest BCUT2D eigenvalue weighted by Gasteiger charge is 2.02. The third-order valence-electron chi connectivity index (χ3n) is 1.08. The molecule has 70 valence electrons. The van der Waals surface area contributed by atoms with Crippen LogP contribution in [0.3, 0.4) is 0 Å². The zero-order valence-electron chi connectivity index (χ0n) is 6.93. The predicted molar refractivity (Wildman–Crippen MR) is 41.9 cm³/mol. The van der Waals surface area contributed by atoms with Crippen molar-refractivity contribution in [1.29, 1.82) is 0 Å². The van der Waals surface area contributed by atoms with Crippen LogP contribution in [0.25, 0.3) is 0 Å². The van der Waals surface area contributed by atoms with Crippen molar-refractivity contribution in [3.8, 4) is 11.8 Å². The van der Waals surface area contributed by atoms with E-state index in [1.54, 1.807) is 6.92 Å². The van der Waals surface area contributed by atoms with Crippen LogP contribution in [0.15, 0.2) is 12.4 Å². The maximum Gasteiger partial charge on any atom is 0.511 e. The Morgan fingerprint density at radius 1 is 1.54 bits per heavy atom. The van der Waals surface area contributed by atoms with Crippen molar-refractivity contribution in [3.05, 3.63) is 12.4 Å². The molecule has 1 rings (SSSR count). The van der Waals surface area contributed by atoms with E-state index >= 15 is 0 Å². The SMILES string of the molecule is CCOc1ncc(OC(=O)O)cn1. The second-order valence-corrected chi connectivity index (χ2v) is 2.00. The molecular formula is C7H8N2O4. The largest absolute Gasteiger partial charge is 0.511 e. The molecular weight excluding hydrogens is 176 g/mol. The van der Waals surface area contributed by atoms with Gasteiger partial charge in [0.25, 0.3) is 0 Å². The second-order valence-electron chi connectivity index (χ2n) is 2.00. The van der Waals surface area contributed by atoms with Crippen LogP contribution in [0.5, 0.6) is 11.8 Å². The smallest absolute Gasteiger partial charge is 0.464 e. The molecule has 0 aliphatic carbocycles. The van der Waals surface area contributed by atoms with Gasteiger partial charge in [-0.15, -0.1) is 0 Å². The Bertz CT molecular complexity index is 285. The van der Waals surface area contributed by atoms with Crippen LogP contribution in [0.2, 0.25) is 0 Å². The van der Waals surface area contributed by atoms with Crippen molar-refractivity contribution in [1.82, 2.24) is 9.97 Å². The zero-order chi connectivity index (χ0) is 9.68. The van der Waals surface area contributed by atoms with Gasteiger partial charge < -0.3 is 14.6 Å². The van der Waals surface area contributed by atoms with Crippen LogP contribution in [-0.4, -0.2) is 27.8 Å². The Labute approximate surface area is 74.1 Å². The number of ether oxygens (including phenoxy) is 2. The minimum absolute atomic E-state index is 0.0657. The average Bonchev–Trinajstić information content (AvgIpc) is 2.08. The van der Waals surface area contributed by atoms with Crippen LogP contribution in [0.4, 0.5) is 4.79 Å². The lowest BCUT2D eigenvalue weighted by molar-refractivity contribution is 0.144. The lowest BCUT2D eigenvalue weighted by Gasteiger charge is -2.00. The number of rotatable bonds is 3. The summed E-state index contributed by atoms with van der Waals surface area (Å²) >= 11 is 0. The maximum atomic E-state index is 10.1. The number of hydrogen-bond acceptors (Lipinski definition) is 5. The summed E-state index contributed by atoms with van der Waals surface area (Å²) in [6.45, 7) is 2.25. The van der Waals surface area contributed by atoms with Gasteiger partial charge in [0.05, 0.1) is 19.0 Å². The van der Waals surface area contributed by atoms with Crippen LogP contribution in [0, 0.1) is 0 Å². The van der Waals surface area contributed by atoms with E-state index in [4.69, 9.17) is 9.84 Å². The fourth-order valence-electron chi connectivity index (χ4n) is 0.662. The Hall–Kier alpha value is -1.85. The molecule has 0 saturated carbocycles. The van der Waals surface area contributed by atoms with Crippen LogP contribution in [0.1, 0.15) is 6.92 Å². The van der Waals surface area contributed by atoms with Crippen molar-refractivity contribution in [2.24, 2.45) is 0 Å². The molecule has 0 fully saturated rings. The maximum absolute atomic E-state index is 10.1. The minimum Gasteiger partial charge on any atom is -0.464 e. The Morgan fingerprint density at radius 2 is 2.15 bits per heavy atom. The van der Waals surface area contributed by atoms with E-state index in [1.165, 1.54) is 12.4 Å². The fraction of sp³-hybridized carbons (Fsp3) is 0.286. The van der Waals surface area contributed by atoms with Gasteiger partial charge in [-0.1, -0.05) is 0 Å². The van der Waals surface area contributed by atoms with Crippen molar-refractivity contribution in [2.75, 3.05) is 6.61 Å². The summed E-state index contributed by atoms with van der Waals surface area (Å²) in [7, 11) is 0. The first-order valence-electron chi connectivity index (χ1n) is 3.58. The number of nitrogens with zero attached hydrogens (tertiary/aromatic N) is 2. The van der Waals surface area contributed by atoms with E-state index in [0.717, 1.165) is 0 Å². The molecule has 0 unspecified atom stereocenters. The first-order valence-corrected chi connectivity index (χ1v) is 3.58. The summed E-state index contributed by atoms with van der Waals surface area (Å²) in [5.41, 5.74) is 0. The highest BCUT2D eigenvalue weighted by molar-refractivity contribution is 5.60. The summed E-state index contributed by atoms with van der Waals surface area (Å²) in [6.07, 6.45) is 1.06. The monoisotopic (exact) mass is 184 g/mol. The highest BCUT2D eigenvalue weighted by atomic mass is 16.7. The van der Waals surface area contributed by atoms with Gasteiger partial charge in [-0.25, -0.2) is 4.79 Å². The van der Waals surface area contributed by atoms with Gasteiger partial charge in [-0.05, 0) is 6.92 Å². The Kier molecular flexibility index (Phi) is 3.02. The third-order valence-corrected chi connectivity index (χ3v) is 1.08. The molecule has 13 heavy (non-hydrogen) atoms. The topological polar surface area (TPSA) is 81.5 Å². The van der Waals surface area contributed by atoms with Gasteiger partial charge in [-0.3, -0.25) is 0 Å². The molecule has 6 heteroatoms. The summed E-state index contributed by atoms with van der Waals surface area (Å²) in [5.74, 6) is 0.0657. The minimum atomic E-state index is -1.40. The summed E-state index contributed by atoms with van der Waals surface area (Å²) in [4.78, 5) is 17.5.